The Balaban J connectivity index is 1.18. The monoisotopic (exact) mass is 766 g/mol. The fourth-order valence-electron chi connectivity index (χ4n) is 6.39. The molecule has 3 aromatic carbocycles. The van der Waals surface area contributed by atoms with Gasteiger partial charge in [-0.3, -0.25) is 13.9 Å². The molecule has 1 aliphatic carbocycles. The van der Waals surface area contributed by atoms with Gasteiger partial charge >= 0.3 is 11.9 Å². The predicted octanol–water partition coefficient (Wildman–Crippen LogP) is 7.31. The van der Waals surface area contributed by atoms with Crippen LogP contribution in [0.4, 0.5) is 16.4 Å². The molecule has 0 aliphatic heterocycles. The van der Waals surface area contributed by atoms with E-state index in [9.17, 15) is 32.7 Å². The summed E-state index contributed by atoms with van der Waals surface area (Å²) in [5, 5.41) is 24.6. The molecule has 0 saturated carbocycles. The average molecular weight is 767 g/mol. The number of aryl methyl sites for hydroxylation is 3. The number of carboxylic acid groups (broad SMARTS) is 2. The van der Waals surface area contributed by atoms with Crippen LogP contribution in [0, 0.1) is 0 Å². The fourth-order valence-corrected chi connectivity index (χ4v) is 9.37. The largest absolute Gasteiger partial charge is 0.478 e. The first-order valence-electron chi connectivity index (χ1n) is 17.3. The van der Waals surface area contributed by atoms with Gasteiger partial charge < -0.3 is 20.8 Å². The van der Waals surface area contributed by atoms with Crippen molar-refractivity contribution in [1.82, 2.24) is 4.98 Å². The summed E-state index contributed by atoms with van der Waals surface area (Å²) in [5.74, 6) is -3.14. The van der Waals surface area contributed by atoms with E-state index in [1.165, 1.54) is 53.9 Å². The number of hydrogen-bond acceptors (Lipinski definition) is 8. The minimum absolute atomic E-state index is 0.0743. The Morgan fingerprint density at radius 1 is 0.796 bits per heavy atom. The van der Waals surface area contributed by atoms with Gasteiger partial charge in [0.1, 0.15) is 10.7 Å². The van der Waals surface area contributed by atoms with E-state index in [4.69, 9.17) is 5.11 Å². The molecule has 14 heteroatoms. The van der Waals surface area contributed by atoms with E-state index in [-0.39, 0.29) is 33.3 Å². The summed E-state index contributed by atoms with van der Waals surface area (Å²) < 4.78 is 28.9. The number of amides is 2. The zero-order valence-electron chi connectivity index (χ0n) is 29.5. The first kappa shape index (κ1) is 37.9. The van der Waals surface area contributed by atoms with Gasteiger partial charge in [0.25, 0.3) is 21.8 Å². The predicted molar refractivity (Wildman–Crippen MR) is 207 cm³/mol. The molecule has 12 nitrogen and oxygen atoms in total. The molecule has 0 saturated heterocycles. The molecular formula is C40H38N4O8S2. The van der Waals surface area contributed by atoms with Gasteiger partial charge in [-0.15, -0.1) is 11.3 Å². The van der Waals surface area contributed by atoms with Gasteiger partial charge in [-0.25, -0.2) is 23.0 Å². The summed E-state index contributed by atoms with van der Waals surface area (Å²) >= 11 is 1.35. The Morgan fingerprint density at radius 3 is 2.07 bits per heavy atom. The lowest BCUT2D eigenvalue weighted by Gasteiger charge is -2.28. The lowest BCUT2D eigenvalue weighted by molar-refractivity contribution is 0.0682. The quantitative estimate of drug-likeness (QED) is 0.0955. The van der Waals surface area contributed by atoms with Gasteiger partial charge in [0.2, 0.25) is 0 Å². The smallest absolute Gasteiger partial charge is 0.354 e. The Hall–Kier alpha value is -5.86. The van der Waals surface area contributed by atoms with Crippen molar-refractivity contribution in [2.24, 2.45) is 0 Å². The molecule has 2 amide bonds. The zero-order chi connectivity index (χ0) is 38.6. The average Bonchev–Trinajstić information content (AvgIpc) is 3.52. The van der Waals surface area contributed by atoms with Crippen molar-refractivity contribution in [2.45, 2.75) is 63.3 Å². The number of aromatic carboxylic acids is 2. The molecule has 0 radical (unpaired) electrons. The Kier molecular flexibility index (Phi) is 11.2. The topological polar surface area (TPSA) is 183 Å². The molecule has 6 rings (SSSR count). The standard InChI is InChI=1S/C40H38N4O8S2/c1-24(2)44(30-20-21-33(40(49)50)41-23-30)54(51,52)31-7-5-6-28(22-31)36(45)43-38-35(32-8-3-4-9-34(32)53-38)37(46)42-29-18-14-26(15-19-29)11-10-25-12-16-27(17-13-25)39(47)48/h5-7,12-24H,3-4,8-11H2,1-2H3,(H,42,46)(H,43,45)(H,47,48)(H,49,50). The van der Waals surface area contributed by atoms with Crippen LogP contribution in [0.15, 0.2) is 96.0 Å². The third-order valence-corrected chi connectivity index (χ3v) is 12.3. The highest BCUT2D eigenvalue weighted by molar-refractivity contribution is 7.92. The second-order valence-electron chi connectivity index (χ2n) is 13.2. The number of nitrogens with zero attached hydrogens (tertiary/aromatic N) is 2. The Morgan fingerprint density at radius 2 is 1.46 bits per heavy atom. The molecule has 2 aromatic heterocycles. The van der Waals surface area contributed by atoms with E-state index in [0.717, 1.165) is 58.0 Å². The van der Waals surface area contributed by atoms with Crippen molar-refractivity contribution in [2.75, 3.05) is 14.9 Å². The highest BCUT2D eigenvalue weighted by Crippen LogP contribution is 2.39. The van der Waals surface area contributed by atoms with Gasteiger partial charge in [0.05, 0.1) is 27.9 Å². The van der Waals surface area contributed by atoms with Gasteiger partial charge in [0.15, 0.2) is 0 Å². The van der Waals surface area contributed by atoms with Crippen LogP contribution in [0.25, 0.3) is 0 Å². The van der Waals surface area contributed by atoms with Crippen LogP contribution in [-0.4, -0.2) is 53.4 Å². The normalized spacial score (nSPS) is 12.5. The summed E-state index contributed by atoms with van der Waals surface area (Å²) in [6.07, 6.45) is 5.98. The zero-order valence-corrected chi connectivity index (χ0v) is 31.2. The van der Waals surface area contributed by atoms with Crippen molar-refractivity contribution in [1.29, 1.82) is 0 Å². The maximum Gasteiger partial charge on any atom is 0.354 e. The second-order valence-corrected chi connectivity index (χ2v) is 16.1. The summed E-state index contributed by atoms with van der Waals surface area (Å²) in [7, 11) is -4.21. The molecule has 5 aromatic rings. The molecule has 0 fully saturated rings. The van der Waals surface area contributed by atoms with Crippen LogP contribution in [0.5, 0.6) is 0 Å². The molecule has 0 atom stereocenters. The number of nitrogens with one attached hydrogen (secondary N) is 2. The minimum Gasteiger partial charge on any atom is -0.478 e. The SMILES string of the molecule is CC(C)N(c1ccc(C(=O)O)nc1)S(=O)(=O)c1cccc(C(=O)Nc2sc3c(c2C(=O)Nc2ccc(CCc4ccc(C(=O)O)cc4)cc2)CCCC3)c1. The van der Waals surface area contributed by atoms with Crippen molar-refractivity contribution < 1.29 is 37.8 Å². The Bertz CT molecular complexity index is 2320. The number of carbonyl (C=O) groups is 4. The van der Waals surface area contributed by atoms with E-state index < -0.39 is 33.9 Å². The summed E-state index contributed by atoms with van der Waals surface area (Å²) in [5.41, 5.74) is 4.20. The number of fused-ring (bicyclic) bond motifs is 1. The van der Waals surface area contributed by atoms with E-state index in [1.54, 1.807) is 38.1 Å². The lowest BCUT2D eigenvalue weighted by Crippen LogP contribution is -2.37. The molecule has 278 valence electrons. The number of carboxylic acids is 2. The van der Waals surface area contributed by atoms with Crippen molar-refractivity contribution in [3.8, 4) is 0 Å². The highest BCUT2D eigenvalue weighted by Gasteiger charge is 2.30. The summed E-state index contributed by atoms with van der Waals surface area (Å²) in [4.78, 5) is 54.7. The van der Waals surface area contributed by atoms with Crippen LogP contribution in [0.1, 0.15) is 89.8 Å². The van der Waals surface area contributed by atoms with E-state index in [2.05, 4.69) is 15.6 Å². The summed E-state index contributed by atoms with van der Waals surface area (Å²) in [6, 6.07) is 21.9. The molecule has 0 unspecified atom stereocenters. The Labute approximate surface area is 316 Å². The van der Waals surface area contributed by atoms with Gasteiger partial charge in [-0.1, -0.05) is 30.3 Å². The van der Waals surface area contributed by atoms with Crippen LogP contribution in [-0.2, 0) is 35.7 Å². The maximum atomic E-state index is 13.9. The fraction of sp³-hybridized carbons (Fsp3) is 0.225. The van der Waals surface area contributed by atoms with Crippen LogP contribution >= 0.6 is 11.3 Å². The second kappa shape index (κ2) is 16.0. The van der Waals surface area contributed by atoms with Crippen LogP contribution in [0.3, 0.4) is 0 Å². The number of benzene rings is 3. The number of rotatable bonds is 13. The van der Waals surface area contributed by atoms with Crippen molar-refractivity contribution in [3.05, 3.63) is 135 Å². The molecule has 0 spiro atoms. The van der Waals surface area contributed by atoms with E-state index >= 15 is 0 Å². The van der Waals surface area contributed by atoms with E-state index in [1.807, 2.05) is 24.3 Å². The molecule has 4 N–H and O–H groups in total. The number of anilines is 3. The molecule has 1 aliphatic rings. The molecule has 0 bridgehead atoms. The number of thiophene rings is 1. The van der Waals surface area contributed by atoms with Gasteiger partial charge in [-0.05, 0) is 124 Å². The minimum atomic E-state index is -4.21. The third kappa shape index (κ3) is 8.35. The molecule has 54 heavy (non-hydrogen) atoms. The van der Waals surface area contributed by atoms with Crippen molar-refractivity contribution >= 4 is 61.5 Å². The number of carbonyl (C=O) groups excluding carboxylic acids is 2. The number of sulfonamides is 1. The van der Waals surface area contributed by atoms with Crippen molar-refractivity contribution in [3.63, 3.8) is 0 Å². The summed E-state index contributed by atoms with van der Waals surface area (Å²) in [6.45, 7) is 3.34. The maximum absolute atomic E-state index is 13.9. The number of hydrogen-bond donors (Lipinski definition) is 4. The third-order valence-electron chi connectivity index (χ3n) is 9.08. The number of aromatic nitrogens is 1. The van der Waals surface area contributed by atoms with Crippen LogP contribution in [0.2, 0.25) is 0 Å². The van der Waals surface area contributed by atoms with Gasteiger partial charge in [0, 0.05) is 22.2 Å². The lowest BCUT2D eigenvalue weighted by atomic mass is 9.95. The molecular weight excluding hydrogens is 729 g/mol. The molecule has 2 heterocycles. The first-order chi connectivity index (χ1) is 25.8. The van der Waals surface area contributed by atoms with E-state index in [0.29, 0.717) is 22.7 Å². The van der Waals surface area contributed by atoms with Crippen LogP contribution < -0.4 is 14.9 Å². The number of pyridine rings is 1. The van der Waals surface area contributed by atoms with Gasteiger partial charge in [-0.2, -0.15) is 0 Å². The highest BCUT2D eigenvalue weighted by atomic mass is 32.2. The first-order valence-corrected chi connectivity index (χ1v) is 19.6.